The second kappa shape index (κ2) is 6.89. The lowest BCUT2D eigenvalue weighted by atomic mass is 10.1. The van der Waals surface area contributed by atoms with Crippen LogP contribution in [0.5, 0.6) is 0 Å². The first-order valence-electron chi connectivity index (χ1n) is 7.55. The Morgan fingerprint density at radius 1 is 1.17 bits per heavy atom. The zero-order chi connectivity index (χ0) is 17.1. The molecule has 0 aliphatic heterocycles. The molecule has 5 heteroatoms. The molecule has 0 spiro atoms. The Morgan fingerprint density at radius 2 is 2.00 bits per heavy atom. The number of hydrogen-bond donors (Lipinski definition) is 0. The van der Waals surface area contributed by atoms with E-state index in [1.165, 1.54) is 12.1 Å². The Morgan fingerprint density at radius 3 is 2.75 bits per heavy atom. The van der Waals surface area contributed by atoms with Gasteiger partial charge in [-0.1, -0.05) is 36.7 Å². The van der Waals surface area contributed by atoms with E-state index in [2.05, 4.69) is 0 Å². The van der Waals surface area contributed by atoms with Gasteiger partial charge in [-0.3, -0.25) is 0 Å². The molecule has 1 aromatic heterocycles. The molecular weight excluding hydrogens is 328 g/mol. The van der Waals surface area contributed by atoms with Crippen LogP contribution in [-0.4, -0.2) is 5.97 Å². The number of benzene rings is 2. The lowest BCUT2D eigenvalue weighted by Gasteiger charge is -2.08. The highest BCUT2D eigenvalue weighted by atomic mass is 35.5. The summed E-state index contributed by atoms with van der Waals surface area (Å²) in [5.74, 6) is -0.496. The minimum atomic E-state index is -0.496. The van der Waals surface area contributed by atoms with Crippen molar-refractivity contribution in [3.63, 3.8) is 0 Å². The van der Waals surface area contributed by atoms with Crippen LogP contribution >= 0.6 is 11.6 Å². The van der Waals surface area contributed by atoms with Gasteiger partial charge in [0.15, 0.2) is 0 Å². The molecule has 0 atom stereocenters. The van der Waals surface area contributed by atoms with E-state index in [0.717, 1.165) is 17.4 Å². The number of esters is 1. The number of hydrogen-bond acceptors (Lipinski definition) is 4. The fourth-order valence-corrected chi connectivity index (χ4v) is 2.65. The van der Waals surface area contributed by atoms with Crippen LogP contribution in [0.3, 0.4) is 0 Å². The molecule has 3 rings (SSSR count). The molecule has 0 unspecified atom stereocenters. The van der Waals surface area contributed by atoms with E-state index in [0.29, 0.717) is 21.7 Å². The van der Waals surface area contributed by atoms with Gasteiger partial charge in [-0.05, 0) is 36.2 Å². The summed E-state index contributed by atoms with van der Waals surface area (Å²) in [6, 6.07) is 13.5. The topological polar surface area (TPSA) is 56.5 Å². The van der Waals surface area contributed by atoms with Crippen molar-refractivity contribution in [1.29, 1.82) is 0 Å². The van der Waals surface area contributed by atoms with E-state index in [1.54, 1.807) is 18.2 Å². The van der Waals surface area contributed by atoms with Gasteiger partial charge in [0.2, 0.25) is 0 Å². The molecule has 122 valence electrons. The maximum Gasteiger partial charge on any atom is 0.338 e. The summed E-state index contributed by atoms with van der Waals surface area (Å²) < 4.78 is 10.5. The van der Waals surface area contributed by atoms with E-state index in [1.807, 2.05) is 25.1 Å². The monoisotopic (exact) mass is 342 g/mol. The van der Waals surface area contributed by atoms with Crippen molar-refractivity contribution in [2.45, 2.75) is 20.0 Å². The summed E-state index contributed by atoms with van der Waals surface area (Å²) >= 11 is 5.87. The molecule has 0 N–H and O–H groups in total. The number of fused-ring (bicyclic) bond motifs is 1. The van der Waals surface area contributed by atoms with E-state index >= 15 is 0 Å². The Labute approximate surface area is 143 Å². The molecule has 24 heavy (non-hydrogen) atoms. The maximum atomic E-state index is 12.1. The molecule has 0 radical (unpaired) electrons. The molecule has 0 amide bonds. The van der Waals surface area contributed by atoms with Gasteiger partial charge < -0.3 is 9.15 Å². The molecule has 0 bridgehead atoms. The summed E-state index contributed by atoms with van der Waals surface area (Å²) in [6.45, 7) is 2.01. The summed E-state index contributed by atoms with van der Waals surface area (Å²) in [6.07, 6.45) is 0.841. The number of halogens is 1. The third-order valence-corrected chi connectivity index (χ3v) is 3.96. The maximum absolute atomic E-state index is 12.1. The molecule has 2 aromatic carbocycles. The van der Waals surface area contributed by atoms with Crippen LogP contribution in [0.1, 0.15) is 28.4 Å². The minimum absolute atomic E-state index is 0.0150. The Balaban J connectivity index is 1.87. The van der Waals surface area contributed by atoms with Gasteiger partial charge in [0.25, 0.3) is 0 Å². The van der Waals surface area contributed by atoms with Gasteiger partial charge in [0.05, 0.1) is 5.56 Å². The minimum Gasteiger partial charge on any atom is -0.457 e. The van der Waals surface area contributed by atoms with Gasteiger partial charge in [-0.25, -0.2) is 9.59 Å². The van der Waals surface area contributed by atoms with Crippen LogP contribution in [0.15, 0.2) is 57.7 Å². The number of carbonyl (C=O) groups excluding carboxylic acids is 1. The zero-order valence-electron chi connectivity index (χ0n) is 13.0. The van der Waals surface area contributed by atoms with Crippen LogP contribution < -0.4 is 5.63 Å². The normalized spacial score (nSPS) is 10.8. The predicted molar refractivity (Wildman–Crippen MR) is 92.4 cm³/mol. The lowest BCUT2D eigenvalue weighted by Crippen LogP contribution is -2.08. The molecule has 0 saturated carbocycles. The zero-order valence-corrected chi connectivity index (χ0v) is 13.8. The van der Waals surface area contributed by atoms with Crippen molar-refractivity contribution < 1.29 is 13.9 Å². The van der Waals surface area contributed by atoms with Crippen molar-refractivity contribution in [2.24, 2.45) is 0 Å². The Bertz CT molecular complexity index is 959. The van der Waals surface area contributed by atoms with E-state index in [9.17, 15) is 9.59 Å². The Kier molecular flexibility index (Phi) is 4.67. The molecule has 0 fully saturated rings. The third-order valence-electron chi connectivity index (χ3n) is 3.72. The number of carbonyl (C=O) groups is 1. The number of rotatable bonds is 4. The summed E-state index contributed by atoms with van der Waals surface area (Å²) in [7, 11) is 0. The largest absolute Gasteiger partial charge is 0.457 e. The second-order valence-corrected chi connectivity index (χ2v) is 5.80. The standard InChI is InChI=1S/C19H15ClO4/c1-2-12-6-7-16-14(10-18(21)24-17(16)8-12)11-23-19(22)13-4-3-5-15(20)9-13/h3-10H,2,11H2,1H3. The van der Waals surface area contributed by atoms with Gasteiger partial charge in [0, 0.05) is 22.0 Å². The quantitative estimate of drug-likeness (QED) is 0.522. The first kappa shape index (κ1) is 16.3. The van der Waals surface area contributed by atoms with Gasteiger partial charge in [0.1, 0.15) is 12.2 Å². The highest BCUT2D eigenvalue weighted by Gasteiger charge is 2.11. The fourth-order valence-electron chi connectivity index (χ4n) is 2.46. The van der Waals surface area contributed by atoms with Crippen LogP contribution in [-0.2, 0) is 17.8 Å². The van der Waals surface area contributed by atoms with Crippen LogP contribution in [0.2, 0.25) is 5.02 Å². The van der Waals surface area contributed by atoms with Crippen molar-refractivity contribution >= 4 is 28.5 Å². The Hall–Kier alpha value is -2.59. The SMILES string of the molecule is CCc1ccc2c(COC(=O)c3cccc(Cl)c3)cc(=O)oc2c1. The molecule has 0 aliphatic rings. The number of ether oxygens (including phenoxy) is 1. The second-order valence-electron chi connectivity index (χ2n) is 5.36. The molecule has 0 aliphatic carbocycles. The summed E-state index contributed by atoms with van der Waals surface area (Å²) in [4.78, 5) is 23.8. The van der Waals surface area contributed by atoms with Gasteiger partial charge in [-0.2, -0.15) is 0 Å². The average Bonchev–Trinajstić information content (AvgIpc) is 2.58. The smallest absolute Gasteiger partial charge is 0.338 e. The predicted octanol–water partition coefficient (Wildman–Crippen LogP) is 4.37. The van der Waals surface area contributed by atoms with Crippen LogP contribution in [0.4, 0.5) is 0 Å². The molecular formula is C19H15ClO4. The van der Waals surface area contributed by atoms with Crippen molar-refractivity contribution in [3.05, 3.63) is 80.7 Å². The molecule has 0 saturated heterocycles. The summed E-state index contributed by atoms with van der Waals surface area (Å²) in [5, 5.41) is 1.22. The fraction of sp³-hybridized carbons (Fsp3) is 0.158. The first-order valence-corrected chi connectivity index (χ1v) is 7.93. The molecule has 1 heterocycles. The number of aryl methyl sites for hydroxylation is 1. The van der Waals surface area contributed by atoms with Crippen molar-refractivity contribution in [2.75, 3.05) is 0 Å². The van der Waals surface area contributed by atoms with Crippen LogP contribution in [0, 0.1) is 0 Å². The van der Waals surface area contributed by atoms with E-state index in [4.69, 9.17) is 20.8 Å². The molecule has 3 aromatic rings. The highest BCUT2D eigenvalue weighted by molar-refractivity contribution is 6.30. The lowest BCUT2D eigenvalue weighted by molar-refractivity contribution is 0.0474. The van der Waals surface area contributed by atoms with Gasteiger partial charge in [-0.15, -0.1) is 0 Å². The highest BCUT2D eigenvalue weighted by Crippen LogP contribution is 2.20. The van der Waals surface area contributed by atoms with Crippen molar-refractivity contribution in [1.82, 2.24) is 0 Å². The summed E-state index contributed by atoms with van der Waals surface area (Å²) in [5.41, 5.74) is 2.07. The van der Waals surface area contributed by atoms with E-state index in [-0.39, 0.29) is 6.61 Å². The molecule has 4 nitrogen and oxygen atoms in total. The van der Waals surface area contributed by atoms with Gasteiger partial charge >= 0.3 is 11.6 Å². The first-order chi connectivity index (χ1) is 11.6. The third kappa shape index (κ3) is 3.49. The van der Waals surface area contributed by atoms with E-state index < -0.39 is 11.6 Å². The van der Waals surface area contributed by atoms with Crippen LogP contribution in [0.25, 0.3) is 11.0 Å². The average molecular weight is 343 g/mol. The van der Waals surface area contributed by atoms with Crippen molar-refractivity contribution in [3.8, 4) is 0 Å².